The lowest BCUT2D eigenvalue weighted by atomic mass is 9.92. The van der Waals surface area contributed by atoms with Gasteiger partial charge in [-0.2, -0.15) is 5.10 Å². The highest BCUT2D eigenvalue weighted by molar-refractivity contribution is 5.96. The molecule has 0 radical (unpaired) electrons. The number of aryl methyl sites for hydroxylation is 2. The second-order valence-electron chi connectivity index (χ2n) is 9.27. The van der Waals surface area contributed by atoms with Crippen LogP contribution in [-0.4, -0.2) is 39.7 Å². The number of carbonyl (C=O) groups excluding carboxylic acids is 2. The van der Waals surface area contributed by atoms with Crippen LogP contribution >= 0.6 is 0 Å². The molecule has 0 aliphatic rings. The molecule has 3 amide bonds. The number of hydrogen-bond donors (Lipinski definition) is 2. The van der Waals surface area contributed by atoms with Crippen LogP contribution in [0, 0.1) is 13.8 Å². The van der Waals surface area contributed by atoms with Crippen LogP contribution in [0.5, 0.6) is 0 Å². The average Bonchev–Trinajstić information content (AvgIpc) is 3.18. The maximum Gasteiger partial charge on any atom is 0.322 e. The molecule has 0 unspecified atom stereocenters. The topological polar surface area (TPSA) is 79.3 Å². The number of benzene rings is 2. The second kappa shape index (κ2) is 9.90. The third-order valence-electron chi connectivity index (χ3n) is 5.30. The fourth-order valence-electron chi connectivity index (χ4n) is 3.32. The van der Waals surface area contributed by atoms with Crippen LogP contribution in [0.4, 0.5) is 16.3 Å². The van der Waals surface area contributed by atoms with E-state index >= 15 is 0 Å². The highest BCUT2D eigenvalue weighted by atomic mass is 16.2. The van der Waals surface area contributed by atoms with Crippen molar-refractivity contribution in [2.75, 3.05) is 23.7 Å². The van der Waals surface area contributed by atoms with E-state index in [0.29, 0.717) is 18.1 Å². The van der Waals surface area contributed by atoms with Gasteiger partial charge in [0.15, 0.2) is 0 Å². The molecule has 0 aliphatic heterocycles. The summed E-state index contributed by atoms with van der Waals surface area (Å²) < 4.78 is 1.74. The smallest absolute Gasteiger partial charge is 0.315 e. The maximum absolute atomic E-state index is 12.9. The number of nitrogens with zero attached hydrogens (tertiary/aromatic N) is 3. The van der Waals surface area contributed by atoms with Crippen LogP contribution in [0.15, 0.2) is 54.6 Å². The highest BCUT2D eigenvalue weighted by Gasteiger charge is 2.23. The highest BCUT2D eigenvalue weighted by Crippen LogP contribution is 2.26. The number of urea groups is 1. The Morgan fingerprint density at radius 2 is 1.67 bits per heavy atom. The van der Waals surface area contributed by atoms with Crippen LogP contribution in [-0.2, 0) is 10.2 Å². The summed E-state index contributed by atoms with van der Waals surface area (Å²) in [5, 5.41) is 10.6. The summed E-state index contributed by atoms with van der Waals surface area (Å²) in [6.07, 6.45) is 0. The fraction of sp³-hybridized carbons (Fsp3) is 0.346. The lowest BCUT2D eigenvalue weighted by Gasteiger charge is -2.21. The molecule has 3 aromatic rings. The van der Waals surface area contributed by atoms with E-state index in [1.807, 2.05) is 75.4 Å². The standard InChI is InChI=1S/C26H33N5O2/c1-7-30(25(33)27-20-13-11-18(2)12-14-20)17-24(32)28-23-16-22(26(4,5)6)29-31(23)21-10-8-9-19(3)15-21/h8-16H,7,17H2,1-6H3,(H,27,33)(H,28,32). The zero-order valence-corrected chi connectivity index (χ0v) is 20.3. The van der Waals surface area contributed by atoms with Gasteiger partial charge in [0, 0.05) is 23.7 Å². The molecule has 1 heterocycles. The van der Waals surface area contributed by atoms with Crippen molar-refractivity contribution in [2.45, 2.75) is 47.0 Å². The molecule has 7 nitrogen and oxygen atoms in total. The Morgan fingerprint density at radius 3 is 2.27 bits per heavy atom. The number of amides is 3. The van der Waals surface area contributed by atoms with Gasteiger partial charge in [0.1, 0.15) is 12.4 Å². The van der Waals surface area contributed by atoms with E-state index in [0.717, 1.165) is 22.5 Å². The van der Waals surface area contributed by atoms with Crippen LogP contribution < -0.4 is 10.6 Å². The molecule has 0 saturated heterocycles. The van der Waals surface area contributed by atoms with E-state index in [4.69, 9.17) is 5.10 Å². The molecule has 0 fully saturated rings. The Bertz CT molecular complexity index is 1130. The predicted octanol–water partition coefficient (Wildman–Crippen LogP) is 5.28. The van der Waals surface area contributed by atoms with E-state index in [1.54, 1.807) is 4.68 Å². The summed E-state index contributed by atoms with van der Waals surface area (Å²) in [6.45, 7) is 12.4. The van der Waals surface area contributed by atoms with E-state index in [1.165, 1.54) is 4.90 Å². The number of nitrogens with one attached hydrogen (secondary N) is 2. The third-order valence-corrected chi connectivity index (χ3v) is 5.30. The normalized spacial score (nSPS) is 11.2. The monoisotopic (exact) mass is 447 g/mol. The molecule has 0 bridgehead atoms. The van der Waals surface area contributed by atoms with Crippen LogP contribution in [0.3, 0.4) is 0 Å². The van der Waals surface area contributed by atoms with E-state index in [9.17, 15) is 9.59 Å². The summed E-state index contributed by atoms with van der Waals surface area (Å²) in [6, 6.07) is 17.1. The van der Waals surface area contributed by atoms with Gasteiger partial charge in [-0.25, -0.2) is 9.48 Å². The fourth-order valence-corrected chi connectivity index (χ4v) is 3.32. The van der Waals surface area contributed by atoms with Gasteiger partial charge in [-0.15, -0.1) is 0 Å². The third kappa shape index (κ3) is 6.22. The molecule has 0 atom stereocenters. The van der Waals surface area contributed by atoms with Gasteiger partial charge in [-0.1, -0.05) is 50.6 Å². The SMILES string of the molecule is CCN(CC(=O)Nc1cc(C(C)(C)C)nn1-c1cccc(C)c1)C(=O)Nc1ccc(C)cc1. The van der Waals surface area contributed by atoms with Crippen molar-refractivity contribution < 1.29 is 9.59 Å². The van der Waals surface area contributed by atoms with Gasteiger partial charge >= 0.3 is 6.03 Å². The Kier molecular flexibility index (Phi) is 7.21. The van der Waals surface area contributed by atoms with Crippen molar-refractivity contribution in [3.63, 3.8) is 0 Å². The average molecular weight is 448 g/mol. The Labute approximate surface area is 195 Å². The number of aromatic nitrogens is 2. The van der Waals surface area contributed by atoms with Gasteiger partial charge in [0.2, 0.25) is 5.91 Å². The number of hydrogen-bond acceptors (Lipinski definition) is 3. The van der Waals surface area contributed by atoms with Crippen molar-refractivity contribution in [3.05, 3.63) is 71.4 Å². The van der Waals surface area contributed by atoms with Crippen LogP contribution in [0.2, 0.25) is 0 Å². The van der Waals surface area contributed by atoms with Gasteiger partial charge < -0.3 is 15.5 Å². The van der Waals surface area contributed by atoms with E-state index in [2.05, 4.69) is 31.4 Å². The van der Waals surface area contributed by atoms with Gasteiger partial charge in [-0.05, 0) is 50.6 Å². The molecule has 174 valence electrons. The van der Waals surface area contributed by atoms with Crippen molar-refractivity contribution >= 4 is 23.4 Å². The summed E-state index contributed by atoms with van der Waals surface area (Å²) in [7, 11) is 0. The Morgan fingerprint density at radius 1 is 0.970 bits per heavy atom. The molecule has 2 aromatic carbocycles. The summed E-state index contributed by atoms with van der Waals surface area (Å²) in [5.74, 6) is 0.288. The largest absolute Gasteiger partial charge is 0.322 e. The lowest BCUT2D eigenvalue weighted by molar-refractivity contribution is -0.116. The van der Waals surface area contributed by atoms with Crippen molar-refractivity contribution in [1.29, 1.82) is 0 Å². The maximum atomic E-state index is 12.9. The quantitative estimate of drug-likeness (QED) is 0.540. The number of carbonyl (C=O) groups is 2. The Balaban J connectivity index is 1.77. The molecule has 0 aliphatic carbocycles. The molecule has 1 aromatic heterocycles. The summed E-state index contributed by atoms with van der Waals surface area (Å²) in [4.78, 5) is 27.1. The van der Waals surface area contributed by atoms with Crippen LogP contribution in [0.1, 0.15) is 44.5 Å². The lowest BCUT2D eigenvalue weighted by Crippen LogP contribution is -2.40. The number of rotatable bonds is 6. The van der Waals surface area contributed by atoms with E-state index in [-0.39, 0.29) is 23.9 Å². The minimum atomic E-state index is -0.320. The zero-order chi connectivity index (χ0) is 24.2. The molecule has 3 rings (SSSR count). The van der Waals surface area contributed by atoms with Gasteiger partial charge in [0.25, 0.3) is 0 Å². The first-order chi connectivity index (χ1) is 15.6. The molecular formula is C26H33N5O2. The molecule has 0 spiro atoms. The summed E-state index contributed by atoms with van der Waals surface area (Å²) >= 11 is 0. The second-order valence-corrected chi connectivity index (χ2v) is 9.27. The van der Waals surface area contributed by atoms with Crippen molar-refractivity contribution in [3.8, 4) is 5.69 Å². The van der Waals surface area contributed by atoms with Crippen molar-refractivity contribution in [1.82, 2.24) is 14.7 Å². The van der Waals surface area contributed by atoms with E-state index < -0.39 is 0 Å². The van der Waals surface area contributed by atoms with Crippen LogP contribution in [0.25, 0.3) is 5.69 Å². The number of anilines is 2. The minimum Gasteiger partial charge on any atom is -0.315 e. The minimum absolute atomic E-state index is 0.0714. The molecular weight excluding hydrogens is 414 g/mol. The first-order valence-electron chi connectivity index (χ1n) is 11.2. The number of likely N-dealkylation sites (N-methyl/N-ethyl adjacent to an activating group) is 1. The predicted molar refractivity (Wildman–Crippen MR) is 133 cm³/mol. The molecule has 0 saturated carbocycles. The van der Waals surface area contributed by atoms with Gasteiger partial charge in [-0.3, -0.25) is 4.79 Å². The first kappa shape index (κ1) is 24.0. The summed E-state index contributed by atoms with van der Waals surface area (Å²) in [5.41, 5.74) is 4.45. The zero-order valence-electron chi connectivity index (χ0n) is 20.3. The van der Waals surface area contributed by atoms with Gasteiger partial charge in [0.05, 0.1) is 11.4 Å². The first-order valence-corrected chi connectivity index (χ1v) is 11.2. The Hall–Kier alpha value is -3.61. The van der Waals surface area contributed by atoms with Crippen molar-refractivity contribution in [2.24, 2.45) is 0 Å². The molecule has 7 heteroatoms. The molecule has 2 N–H and O–H groups in total. The molecule has 33 heavy (non-hydrogen) atoms.